The molecule has 2 amide bonds. The van der Waals surface area contributed by atoms with Crippen molar-refractivity contribution >= 4 is 17.5 Å². The van der Waals surface area contributed by atoms with Gasteiger partial charge in [-0.3, -0.25) is 14.5 Å². The van der Waals surface area contributed by atoms with Crippen molar-refractivity contribution < 1.29 is 27.5 Å². The number of rotatable bonds is 5. The number of anilines is 1. The normalized spacial score (nSPS) is 15.9. The van der Waals surface area contributed by atoms with E-state index in [4.69, 9.17) is 4.74 Å². The van der Waals surface area contributed by atoms with E-state index < -0.39 is 17.6 Å². The van der Waals surface area contributed by atoms with Crippen LogP contribution in [0.5, 0.6) is 0 Å². The zero-order valence-electron chi connectivity index (χ0n) is 13.8. The van der Waals surface area contributed by atoms with Crippen molar-refractivity contribution in [2.45, 2.75) is 6.18 Å². The fourth-order valence-electron chi connectivity index (χ4n) is 2.60. The summed E-state index contributed by atoms with van der Waals surface area (Å²) in [5.74, 6) is -0.640. The average Bonchev–Trinajstić information content (AvgIpc) is 2.55. The Morgan fingerprint density at radius 3 is 2.40 bits per heavy atom. The molecule has 1 saturated heterocycles. The third-order valence-electron chi connectivity index (χ3n) is 3.87. The largest absolute Gasteiger partial charge is 0.418 e. The molecule has 1 heterocycles. The lowest BCUT2D eigenvalue weighted by Crippen LogP contribution is -2.51. The third kappa shape index (κ3) is 5.43. The summed E-state index contributed by atoms with van der Waals surface area (Å²) in [6.45, 7) is 1.84. The van der Waals surface area contributed by atoms with Gasteiger partial charge in [0.2, 0.25) is 11.8 Å². The number of nitrogens with zero attached hydrogens (tertiary/aromatic N) is 2. The van der Waals surface area contributed by atoms with Crippen LogP contribution in [0.15, 0.2) is 24.3 Å². The zero-order chi connectivity index (χ0) is 18.4. The molecule has 1 aliphatic heterocycles. The van der Waals surface area contributed by atoms with Gasteiger partial charge in [0.25, 0.3) is 0 Å². The quantitative estimate of drug-likeness (QED) is 0.864. The topological polar surface area (TPSA) is 61.9 Å². The number of amides is 2. The lowest BCUT2D eigenvalue weighted by molar-refractivity contribution is -0.137. The summed E-state index contributed by atoms with van der Waals surface area (Å²) in [7, 11) is 1.44. The maximum atomic E-state index is 12.9. The van der Waals surface area contributed by atoms with Crippen molar-refractivity contribution in [1.82, 2.24) is 9.80 Å². The summed E-state index contributed by atoms with van der Waals surface area (Å²) in [5.41, 5.74) is -1.13. The molecule has 9 heteroatoms. The minimum atomic E-state index is -4.53. The van der Waals surface area contributed by atoms with E-state index >= 15 is 0 Å². The number of ether oxygens (including phenoxy) is 1. The molecule has 1 fully saturated rings. The van der Waals surface area contributed by atoms with Crippen LogP contribution in [-0.4, -0.2) is 68.1 Å². The van der Waals surface area contributed by atoms with Crippen molar-refractivity contribution in [3.05, 3.63) is 29.8 Å². The monoisotopic (exact) mass is 359 g/mol. The first-order valence-electron chi connectivity index (χ1n) is 7.76. The van der Waals surface area contributed by atoms with E-state index in [0.717, 1.165) is 6.07 Å². The average molecular weight is 359 g/mol. The summed E-state index contributed by atoms with van der Waals surface area (Å²) >= 11 is 0. The molecular weight excluding hydrogens is 339 g/mol. The molecule has 1 N–H and O–H groups in total. The first-order chi connectivity index (χ1) is 11.8. The van der Waals surface area contributed by atoms with Crippen LogP contribution >= 0.6 is 0 Å². The molecule has 0 aromatic heterocycles. The van der Waals surface area contributed by atoms with Crippen LogP contribution in [0.3, 0.4) is 0 Å². The predicted molar refractivity (Wildman–Crippen MR) is 85.0 cm³/mol. The molecule has 0 aliphatic carbocycles. The van der Waals surface area contributed by atoms with E-state index in [1.165, 1.54) is 25.3 Å². The van der Waals surface area contributed by atoms with E-state index in [0.29, 0.717) is 26.2 Å². The predicted octanol–water partition coefficient (Wildman–Crippen LogP) is 1.43. The number of para-hydroxylation sites is 1. The molecule has 6 nitrogen and oxygen atoms in total. The second-order valence-corrected chi connectivity index (χ2v) is 5.68. The standard InChI is InChI=1S/C16H20F3N3O3/c1-25-11-15(24)22-8-6-21(7-9-22)10-14(23)20-13-5-3-2-4-12(13)16(17,18)19/h2-5H,6-11H2,1H3,(H,20,23). The first-order valence-corrected chi connectivity index (χ1v) is 7.76. The van der Waals surface area contributed by atoms with Crippen LogP contribution < -0.4 is 5.32 Å². The Bertz CT molecular complexity index is 614. The van der Waals surface area contributed by atoms with Gasteiger partial charge in [0, 0.05) is 33.3 Å². The Morgan fingerprint density at radius 1 is 1.16 bits per heavy atom. The van der Waals surface area contributed by atoms with Gasteiger partial charge in [0.1, 0.15) is 6.61 Å². The highest BCUT2D eigenvalue weighted by molar-refractivity contribution is 5.93. The van der Waals surface area contributed by atoms with Gasteiger partial charge in [-0.25, -0.2) is 0 Å². The summed E-state index contributed by atoms with van der Waals surface area (Å²) in [4.78, 5) is 27.2. The van der Waals surface area contributed by atoms with Gasteiger partial charge in [-0.15, -0.1) is 0 Å². The number of alkyl halides is 3. The zero-order valence-corrected chi connectivity index (χ0v) is 13.8. The van der Waals surface area contributed by atoms with Crippen LogP contribution in [0.25, 0.3) is 0 Å². The molecule has 138 valence electrons. The molecule has 1 aromatic carbocycles. The van der Waals surface area contributed by atoms with Gasteiger partial charge in [-0.2, -0.15) is 13.2 Å². The van der Waals surface area contributed by atoms with E-state index in [2.05, 4.69) is 5.32 Å². The second-order valence-electron chi connectivity index (χ2n) is 5.68. The Balaban J connectivity index is 1.87. The SMILES string of the molecule is COCC(=O)N1CCN(CC(=O)Nc2ccccc2C(F)(F)F)CC1. The molecule has 25 heavy (non-hydrogen) atoms. The van der Waals surface area contributed by atoms with Crippen molar-refractivity contribution in [3.63, 3.8) is 0 Å². The number of carbonyl (C=O) groups excluding carboxylic acids is 2. The van der Waals surface area contributed by atoms with Gasteiger partial charge >= 0.3 is 6.18 Å². The van der Waals surface area contributed by atoms with Gasteiger partial charge in [0.05, 0.1) is 17.8 Å². The highest BCUT2D eigenvalue weighted by Gasteiger charge is 2.33. The number of halogens is 3. The number of carbonyl (C=O) groups is 2. The summed E-state index contributed by atoms with van der Waals surface area (Å²) in [5, 5.41) is 2.32. The maximum Gasteiger partial charge on any atom is 0.418 e. The fourth-order valence-corrected chi connectivity index (χ4v) is 2.60. The Kier molecular flexibility index (Phi) is 6.38. The van der Waals surface area contributed by atoms with Crippen LogP contribution in [0.2, 0.25) is 0 Å². The molecule has 0 atom stereocenters. The number of nitrogens with one attached hydrogen (secondary N) is 1. The van der Waals surface area contributed by atoms with E-state index in [1.54, 1.807) is 9.80 Å². The third-order valence-corrected chi connectivity index (χ3v) is 3.87. The minimum Gasteiger partial charge on any atom is -0.375 e. The Labute approximate surface area is 143 Å². The van der Waals surface area contributed by atoms with Crippen LogP contribution in [-0.2, 0) is 20.5 Å². The van der Waals surface area contributed by atoms with E-state index in [-0.39, 0.29) is 24.7 Å². The van der Waals surface area contributed by atoms with Gasteiger partial charge in [-0.05, 0) is 12.1 Å². The van der Waals surface area contributed by atoms with Crippen molar-refractivity contribution in [2.24, 2.45) is 0 Å². The molecule has 0 saturated carbocycles. The molecule has 1 aliphatic rings. The molecule has 0 unspecified atom stereocenters. The number of piperazine rings is 1. The lowest BCUT2D eigenvalue weighted by atomic mass is 10.1. The number of methoxy groups -OCH3 is 1. The molecule has 0 spiro atoms. The highest BCUT2D eigenvalue weighted by Crippen LogP contribution is 2.34. The summed E-state index contributed by atoms with van der Waals surface area (Å²) in [6, 6.07) is 4.86. The van der Waals surface area contributed by atoms with Gasteiger partial charge < -0.3 is 15.0 Å². The Morgan fingerprint density at radius 2 is 1.80 bits per heavy atom. The molecule has 1 aromatic rings. The smallest absolute Gasteiger partial charge is 0.375 e. The fraction of sp³-hybridized carbons (Fsp3) is 0.500. The summed E-state index contributed by atoms with van der Waals surface area (Å²) in [6.07, 6.45) is -4.53. The van der Waals surface area contributed by atoms with Crippen molar-refractivity contribution in [1.29, 1.82) is 0 Å². The lowest BCUT2D eigenvalue weighted by Gasteiger charge is -2.34. The molecule has 0 radical (unpaired) electrons. The molecular formula is C16H20F3N3O3. The number of hydrogen-bond donors (Lipinski definition) is 1. The number of benzene rings is 1. The second kappa shape index (κ2) is 8.30. The molecule has 2 rings (SSSR count). The van der Waals surface area contributed by atoms with Gasteiger partial charge in [0.15, 0.2) is 0 Å². The highest BCUT2D eigenvalue weighted by atomic mass is 19.4. The molecule has 0 bridgehead atoms. The van der Waals surface area contributed by atoms with E-state index in [1.807, 2.05) is 0 Å². The maximum absolute atomic E-state index is 12.9. The summed E-state index contributed by atoms with van der Waals surface area (Å²) < 4.78 is 43.6. The van der Waals surface area contributed by atoms with Crippen LogP contribution in [0, 0.1) is 0 Å². The van der Waals surface area contributed by atoms with Crippen molar-refractivity contribution in [2.75, 3.05) is 51.8 Å². The van der Waals surface area contributed by atoms with Crippen LogP contribution in [0.4, 0.5) is 18.9 Å². The van der Waals surface area contributed by atoms with E-state index in [9.17, 15) is 22.8 Å². The Hall–Kier alpha value is -2.13. The van der Waals surface area contributed by atoms with Crippen LogP contribution in [0.1, 0.15) is 5.56 Å². The minimum absolute atomic E-state index is 0.00864. The first kappa shape index (κ1) is 19.2. The van der Waals surface area contributed by atoms with Crippen molar-refractivity contribution in [3.8, 4) is 0 Å². The van der Waals surface area contributed by atoms with Gasteiger partial charge in [-0.1, -0.05) is 12.1 Å². The number of hydrogen-bond acceptors (Lipinski definition) is 4.